The molecule has 0 saturated carbocycles. The lowest BCUT2D eigenvalue weighted by Gasteiger charge is -2.13. The molecule has 0 atom stereocenters. The van der Waals surface area contributed by atoms with Crippen molar-refractivity contribution in [3.63, 3.8) is 0 Å². The molecule has 1 aromatic heterocycles. The van der Waals surface area contributed by atoms with Crippen LogP contribution in [-0.2, 0) is 14.8 Å². The van der Waals surface area contributed by atoms with Crippen molar-refractivity contribution in [2.75, 3.05) is 26.5 Å². The fraction of sp³-hybridized carbons (Fsp3) is 0.200. The predicted octanol–water partition coefficient (Wildman–Crippen LogP) is 2.18. The fourth-order valence-corrected chi connectivity index (χ4v) is 3.64. The average molecular weight is 386 g/mol. The normalized spacial score (nSPS) is 11.4. The first-order valence-electron chi connectivity index (χ1n) is 6.87. The second kappa shape index (κ2) is 7.30. The van der Waals surface area contributed by atoms with Gasteiger partial charge in [0.2, 0.25) is 10.0 Å². The van der Waals surface area contributed by atoms with E-state index in [2.05, 4.69) is 10.1 Å². The summed E-state index contributed by atoms with van der Waals surface area (Å²) in [7, 11) is -0.313. The monoisotopic (exact) mass is 386 g/mol. The van der Waals surface area contributed by atoms with Crippen LogP contribution in [0, 0.1) is 5.82 Å². The Hall–Kier alpha value is -2.30. The Morgan fingerprint density at radius 3 is 2.52 bits per heavy atom. The number of amides is 1. The summed E-state index contributed by atoms with van der Waals surface area (Å²) >= 11 is 1.10. The number of ether oxygens (including phenoxy) is 1. The SMILES string of the molecule is COC(=O)c1ccsc1NC(=O)c1ccc(F)c(S(=O)(=O)N(C)C)c1. The highest BCUT2D eigenvalue weighted by atomic mass is 32.2. The van der Waals surface area contributed by atoms with Crippen molar-refractivity contribution in [1.29, 1.82) is 0 Å². The van der Waals surface area contributed by atoms with Crippen LogP contribution in [0.4, 0.5) is 9.39 Å². The Kier molecular flexibility index (Phi) is 5.55. The summed E-state index contributed by atoms with van der Waals surface area (Å²) in [5, 5.41) is 4.34. The molecule has 0 aliphatic carbocycles. The minimum absolute atomic E-state index is 0.0639. The van der Waals surface area contributed by atoms with E-state index in [1.165, 1.54) is 27.3 Å². The summed E-state index contributed by atoms with van der Waals surface area (Å²) in [4.78, 5) is 23.4. The lowest BCUT2D eigenvalue weighted by Crippen LogP contribution is -2.24. The van der Waals surface area contributed by atoms with Crippen molar-refractivity contribution in [2.24, 2.45) is 0 Å². The van der Waals surface area contributed by atoms with Crippen molar-refractivity contribution in [3.05, 3.63) is 46.6 Å². The summed E-state index contributed by atoms with van der Waals surface area (Å²) < 4.78 is 43.6. The van der Waals surface area contributed by atoms with Crippen LogP contribution < -0.4 is 5.32 Å². The third-order valence-electron chi connectivity index (χ3n) is 3.25. The molecule has 7 nitrogen and oxygen atoms in total. The van der Waals surface area contributed by atoms with Crippen molar-refractivity contribution < 1.29 is 27.1 Å². The summed E-state index contributed by atoms with van der Waals surface area (Å²) in [6.07, 6.45) is 0. The predicted molar refractivity (Wildman–Crippen MR) is 90.9 cm³/mol. The number of esters is 1. The molecule has 2 rings (SSSR count). The Balaban J connectivity index is 2.36. The van der Waals surface area contributed by atoms with E-state index in [-0.39, 0.29) is 16.1 Å². The van der Waals surface area contributed by atoms with E-state index in [1.807, 2.05) is 0 Å². The lowest BCUT2D eigenvalue weighted by molar-refractivity contribution is 0.0602. The van der Waals surface area contributed by atoms with Gasteiger partial charge in [0.15, 0.2) is 0 Å². The van der Waals surface area contributed by atoms with Crippen LogP contribution in [0.1, 0.15) is 20.7 Å². The van der Waals surface area contributed by atoms with E-state index in [4.69, 9.17) is 0 Å². The maximum Gasteiger partial charge on any atom is 0.340 e. The van der Waals surface area contributed by atoms with Crippen LogP contribution in [-0.4, -0.2) is 45.8 Å². The first-order chi connectivity index (χ1) is 11.7. The zero-order valence-corrected chi connectivity index (χ0v) is 15.2. The summed E-state index contributed by atoms with van der Waals surface area (Å²) in [6, 6.07) is 4.50. The highest BCUT2D eigenvalue weighted by molar-refractivity contribution is 7.89. The summed E-state index contributed by atoms with van der Waals surface area (Å²) in [5.74, 6) is -2.26. The number of halogens is 1. The smallest absolute Gasteiger partial charge is 0.340 e. The molecule has 1 heterocycles. The van der Waals surface area contributed by atoms with E-state index in [0.717, 1.165) is 33.8 Å². The maximum absolute atomic E-state index is 13.9. The Morgan fingerprint density at radius 2 is 1.92 bits per heavy atom. The van der Waals surface area contributed by atoms with Crippen molar-refractivity contribution in [2.45, 2.75) is 4.90 Å². The van der Waals surface area contributed by atoms with Crippen LogP contribution in [0.5, 0.6) is 0 Å². The van der Waals surface area contributed by atoms with Gasteiger partial charge in [0.25, 0.3) is 5.91 Å². The number of benzene rings is 1. The van der Waals surface area contributed by atoms with Crippen molar-refractivity contribution in [1.82, 2.24) is 4.31 Å². The molecule has 2 aromatic rings. The lowest BCUT2D eigenvalue weighted by atomic mass is 10.2. The standard InChI is InChI=1S/C15H15FN2O5S2/c1-18(2)25(21,22)12-8-9(4-5-11(12)16)13(19)17-14-10(6-7-24-14)15(20)23-3/h4-8H,1-3H3,(H,17,19). The number of sulfonamides is 1. The van der Waals surface area contributed by atoms with Crippen LogP contribution in [0.25, 0.3) is 0 Å². The van der Waals surface area contributed by atoms with Gasteiger partial charge in [-0.2, -0.15) is 0 Å². The van der Waals surface area contributed by atoms with Crippen LogP contribution >= 0.6 is 11.3 Å². The number of thiophene rings is 1. The first-order valence-corrected chi connectivity index (χ1v) is 9.19. The maximum atomic E-state index is 13.9. The second-order valence-electron chi connectivity index (χ2n) is 5.04. The molecule has 0 aliphatic rings. The molecular formula is C15H15FN2O5S2. The molecule has 25 heavy (non-hydrogen) atoms. The van der Waals surface area contributed by atoms with Gasteiger partial charge in [-0.25, -0.2) is 21.9 Å². The zero-order valence-electron chi connectivity index (χ0n) is 13.6. The van der Waals surface area contributed by atoms with Gasteiger partial charge in [0.05, 0.1) is 12.7 Å². The third-order valence-corrected chi connectivity index (χ3v) is 5.91. The van der Waals surface area contributed by atoms with Gasteiger partial charge >= 0.3 is 5.97 Å². The van der Waals surface area contributed by atoms with E-state index in [0.29, 0.717) is 0 Å². The highest BCUT2D eigenvalue weighted by Gasteiger charge is 2.24. The van der Waals surface area contributed by atoms with Gasteiger partial charge in [-0.1, -0.05) is 0 Å². The van der Waals surface area contributed by atoms with Gasteiger partial charge in [-0.15, -0.1) is 11.3 Å². The number of carbonyl (C=O) groups is 2. The zero-order chi connectivity index (χ0) is 18.8. The number of anilines is 1. The van der Waals surface area contributed by atoms with Crippen LogP contribution in [0.2, 0.25) is 0 Å². The van der Waals surface area contributed by atoms with Crippen LogP contribution in [0.15, 0.2) is 34.5 Å². The minimum atomic E-state index is -4.04. The molecule has 0 aliphatic heterocycles. The Labute approximate surface area is 148 Å². The summed E-state index contributed by atoms with van der Waals surface area (Å²) in [6.45, 7) is 0. The van der Waals surface area contributed by atoms with Crippen molar-refractivity contribution >= 4 is 38.2 Å². The second-order valence-corrected chi connectivity index (χ2v) is 8.08. The number of nitrogens with one attached hydrogen (secondary N) is 1. The first kappa shape index (κ1) is 19.0. The van der Waals surface area contributed by atoms with Gasteiger partial charge in [0, 0.05) is 19.7 Å². The molecule has 134 valence electrons. The number of methoxy groups -OCH3 is 1. The number of rotatable bonds is 5. The van der Waals surface area contributed by atoms with Gasteiger partial charge in [-0.3, -0.25) is 4.79 Å². The molecule has 1 N–H and O–H groups in total. The van der Waals surface area contributed by atoms with Gasteiger partial charge in [-0.05, 0) is 29.6 Å². The Morgan fingerprint density at radius 1 is 1.24 bits per heavy atom. The van der Waals surface area contributed by atoms with E-state index < -0.39 is 32.6 Å². The van der Waals surface area contributed by atoms with E-state index in [1.54, 1.807) is 5.38 Å². The average Bonchev–Trinajstić information content (AvgIpc) is 3.02. The molecule has 1 aromatic carbocycles. The number of carbonyl (C=O) groups excluding carboxylic acids is 2. The molecule has 0 saturated heterocycles. The molecule has 0 unspecified atom stereocenters. The molecule has 0 bridgehead atoms. The van der Waals surface area contributed by atoms with Gasteiger partial charge < -0.3 is 10.1 Å². The quantitative estimate of drug-likeness (QED) is 0.795. The van der Waals surface area contributed by atoms with E-state index >= 15 is 0 Å². The Bertz CT molecular complexity index is 922. The fourth-order valence-electron chi connectivity index (χ4n) is 1.89. The van der Waals surface area contributed by atoms with Gasteiger partial charge in [0.1, 0.15) is 15.7 Å². The van der Waals surface area contributed by atoms with Crippen molar-refractivity contribution in [3.8, 4) is 0 Å². The minimum Gasteiger partial charge on any atom is -0.465 e. The largest absolute Gasteiger partial charge is 0.465 e. The molecular weight excluding hydrogens is 371 g/mol. The highest BCUT2D eigenvalue weighted by Crippen LogP contribution is 2.25. The van der Waals surface area contributed by atoms with Crippen LogP contribution in [0.3, 0.4) is 0 Å². The number of nitrogens with zero attached hydrogens (tertiary/aromatic N) is 1. The topological polar surface area (TPSA) is 92.8 Å². The third kappa shape index (κ3) is 3.86. The summed E-state index contributed by atoms with van der Waals surface area (Å²) in [5.41, 5.74) is 0.107. The number of hydrogen-bond donors (Lipinski definition) is 1. The van der Waals surface area contributed by atoms with E-state index in [9.17, 15) is 22.4 Å². The molecule has 0 fully saturated rings. The number of hydrogen-bond acceptors (Lipinski definition) is 6. The molecule has 0 radical (unpaired) electrons. The molecule has 1 amide bonds. The molecule has 10 heteroatoms. The molecule has 0 spiro atoms.